The summed E-state index contributed by atoms with van der Waals surface area (Å²) in [6.45, 7) is 6.86. The van der Waals surface area contributed by atoms with E-state index in [1.807, 2.05) is 0 Å². The van der Waals surface area contributed by atoms with Gasteiger partial charge in [0.1, 0.15) is 5.78 Å². The quantitative estimate of drug-likeness (QED) is 0.652. The highest BCUT2D eigenvalue weighted by molar-refractivity contribution is 5.86. The van der Waals surface area contributed by atoms with E-state index < -0.39 is 0 Å². The van der Waals surface area contributed by atoms with Crippen molar-refractivity contribution < 1.29 is 4.79 Å². The molecule has 158 valence electrons. The Morgan fingerprint density at radius 1 is 1.10 bits per heavy atom. The van der Waals surface area contributed by atoms with E-state index in [2.05, 4.69) is 49.5 Å². The van der Waals surface area contributed by atoms with E-state index in [9.17, 15) is 4.79 Å². The maximum absolute atomic E-state index is 14.0. The molecule has 4 unspecified atom stereocenters. The van der Waals surface area contributed by atoms with Gasteiger partial charge in [0.15, 0.2) is 0 Å². The Bertz CT molecular complexity index is 759. The number of hydrogen-bond donors (Lipinski definition) is 1. The number of benzene rings is 1. The SMILES string of the molecule is CCC[C@]12CC3CC(C(=O)CC4CCNCC4C)(C1)C[C@@](c1ccccc1)(C3)C2. The molecule has 4 bridgehead atoms. The van der Waals surface area contributed by atoms with Crippen molar-refractivity contribution >= 4 is 5.78 Å². The molecule has 0 spiro atoms. The zero-order valence-corrected chi connectivity index (χ0v) is 18.5. The van der Waals surface area contributed by atoms with Gasteiger partial charge in [-0.1, -0.05) is 50.6 Å². The highest BCUT2D eigenvalue weighted by Gasteiger charge is 2.65. The molecule has 0 aromatic heterocycles. The fourth-order valence-electron chi connectivity index (χ4n) is 8.70. The van der Waals surface area contributed by atoms with Crippen LogP contribution in [0.1, 0.15) is 83.6 Å². The molecule has 0 radical (unpaired) electrons. The van der Waals surface area contributed by atoms with Gasteiger partial charge in [-0.15, -0.1) is 0 Å². The van der Waals surface area contributed by atoms with Crippen LogP contribution in [0.5, 0.6) is 0 Å². The topological polar surface area (TPSA) is 29.1 Å². The number of Topliss-reactive ketones (excluding diaryl/α,β-unsaturated/α-hetero) is 1. The van der Waals surface area contributed by atoms with Gasteiger partial charge in [0.05, 0.1) is 0 Å². The maximum atomic E-state index is 14.0. The fraction of sp³-hybridized carbons (Fsp3) is 0.741. The van der Waals surface area contributed by atoms with Crippen LogP contribution >= 0.6 is 0 Å². The molecule has 5 fully saturated rings. The molecule has 4 aliphatic carbocycles. The Morgan fingerprint density at radius 2 is 1.93 bits per heavy atom. The number of carbonyl (C=O) groups is 1. The first kappa shape index (κ1) is 19.8. The lowest BCUT2D eigenvalue weighted by atomic mass is 9.37. The fourth-order valence-corrected chi connectivity index (χ4v) is 8.70. The van der Waals surface area contributed by atoms with Crippen LogP contribution in [0.4, 0.5) is 0 Å². The molecule has 6 rings (SSSR count). The molecule has 1 saturated heterocycles. The van der Waals surface area contributed by atoms with Crippen molar-refractivity contribution in [3.8, 4) is 0 Å². The molecule has 5 aliphatic rings. The van der Waals surface area contributed by atoms with Gasteiger partial charge >= 0.3 is 0 Å². The van der Waals surface area contributed by atoms with Gasteiger partial charge in [0, 0.05) is 11.8 Å². The van der Waals surface area contributed by atoms with Crippen LogP contribution in [0.15, 0.2) is 30.3 Å². The summed E-state index contributed by atoms with van der Waals surface area (Å²) in [6.07, 6.45) is 12.1. The minimum absolute atomic E-state index is 0.0327. The smallest absolute Gasteiger partial charge is 0.139 e. The molecule has 1 aromatic carbocycles. The standard InChI is InChI=1S/C27H39NO/c1-3-10-25-13-21-14-26(17-25,23-7-5-4-6-8-23)19-27(15-21,18-25)24(29)12-22-9-11-28-16-20(22)2/h4-8,20-22,28H,3,9-19H2,1-2H3/t20?,21?,22?,25-,26-,27?/m1/s1. The number of nitrogens with one attached hydrogen (secondary N) is 1. The van der Waals surface area contributed by atoms with Crippen molar-refractivity contribution in [2.45, 2.75) is 83.5 Å². The van der Waals surface area contributed by atoms with Crippen molar-refractivity contribution in [1.29, 1.82) is 0 Å². The average molecular weight is 394 g/mol. The first-order chi connectivity index (χ1) is 14.0. The van der Waals surface area contributed by atoms with E-state index in [1.54, 1.807) is 0 Å². The van der Waals surface area contributed by atoms with Gasteiger partial charge in [-0.05, 0) is 98.6 Å². The first-order valence-corrected chi connectivity index (χ1v) is 12.3. The zero-order chi connectivity index (χ0) is 20.1. The molecule has 2 nitrogen and oxygen atoms in total. The molecule has 1 aromatic rings. The molecule has 6 atom stereocenters. The number of piperidine rings is 1. The Labute approximate surface area is 177 Å². The number of carbonyl (C=O) groups excluding carboxylic acids is 1. The second kappa shape index (κ2) is 7.22. The molecular weight excluding hydrogens is 354 g/mol. The lowest BCUT2D eigenvalue weighted by Crippen LogP contribution is -2.61. The van der Waals surface area contributed by atoms with E-state index in [4.69, 9.17) is 0 Å². The first-order valence-electron chi connectivity index (χ1n) is 12.3. The monoisotopic (exact) mass is 393 g/mol. The second-order valence-electron chi connectivity index (χ2n) is 11.5. The normalized spacial score (nSPS) is 43.4. The van der Waals surface area contributed by atoms with Crippen LogP contribution in [0.2, 0.25) is 0 Å². The van der Waals surface area contributed by atoms with E-state index in [0.29, 0.717) is 23.0 Å². The molecule has 2 heteroatoms. The molecule has 1 aliphatic heterocycles. The van der Waals surface area contributed by atoms with Crippen molar-refractivity contribution in [3.63, 3.8) is 0 Å². The predicted molar refractivity (Wildman–Crippen MR) is 119 cm³/mol. The number of ketones is 1. The largest absolute Gasteiger partial charge is 0.316 e. The summed E-state index contributed by atoms with van der Waals surface area (Å²) >= 11 is 0. The third-order valence-corrected chi connectivity index (χ3v) is 9.35. The van der Waals surface area contributed by atoms with Crippen LogP contribution in [0, 0.1) is 28.6 Å². The average Bonchev–Trinajstić information content (AvgIpc) is 2.69. The molecule has 0 amide bonds. The highest BCUT2D eigenvalue weighted by Crippen LogP contribution is 2.71. The summed E-state index contributed by atoms with van der Waals surface area (Å²) in [6, 6.07) is 11.3. The molecule has 29 heavy (non-hydrogen) atoms. The van der Waals surface area contributed by atoms with Crippen LogP contribution in [-0.2, 0) is 10.2 Å². The van der Waals surface area contributed by atoms with E-state index in [1.165, 1.54) is 56.9 Å². The third-order valence-electron chi connectivity index (χ3n) is 9.35. The van der Waals surface area contributed by atoms with Gasteiger partial charge in [0.2, 0.25) is 0 Å². The summed E-state index contributed by atoms with van der Waals surface area (Å²) < 4.78 is 0. The van der Waals surface area contributed by atoms with Crippen molar-refractivity contribution in [2.24, 2.45) is 28.6 Å². The summed E-state index contributed by atoms with van der Waals surface area (Å²) in [4.78, 5) is 14.0. The molecule has 1 heterocycles. The lowest BCUT2D eigenvalue weighted by Gasteiger charge is -2.67. The summed E-state index contributed by atoms with van der Waals surface area (Å²) in [5.41, 5.74) is 2.16. The van der Waals surface area contributed by atoms with Crippen molar-refractivity contribution in [2.75, 3.05) is 13.1 Å². The van der Waals surface area contributed by atoms with E-state index >= 15 is 0 Å². The molecule has 4 saturated carbocycles. The van der Waals surface area contributed by atoms with Crippen molar-refractivity contribution in [3.05, 3.63) is 35.9 Å². The Morgan fingerprint density at radius 3 is 2.69 bits per heavy atom. The van der Waals surface area contributed by atoms with Gasteiger partial charge in [-0.25, -0.2) is 0 Å². The second-order valence-corrected chi connectivity index (χ2v) is 11.5. The lowest BCUT2D eigenvalue weighted by molar-refractivity contribution is -0.163. The Kier molecular flexibility index (Phi) is 4.93. The van der Waals surface area contributed by atoms with Crippen LogP contribution in [-0.4, -0.2) is 18.9 Å². The summed E-state index contributed by atoms with van der Waals surface area (Å²) in [5, 5.41) is 3.51. The Balaban J connectivity index is 1.48. The zero-order valence-electron chi connectivity index (χ0n) is 18.5. The molecule has 1 N–H and O–H groups in total. The minimum Gasteiger partial charge on any atom is -0.316 e. The van der Waals surface area contributed by atoms with E-state index in [0.717, 1.165) is 31.8 Å². The van der Waals surface area contributed by atoms with E-state index in [-0.39, 0.29) is 10.8 Å². The predicted octanol–water partition coefficient (Wildman–Crippen LogP) is 5.90. The van der Waals surface area contributed by atoms with Gasteiger partial charge in [-0.2, -0.15) is 0 Å². The van der Waals surface area contributed by atoms with Gasteiger partial charge in [-0.3, -0.25) is 4.79 Å². The Hall–Kier alpha value is -1.15. The maximum Gasteiger partial charge on any atom is 0.139 e. The van der Waals surface area contributed by atoms with Crippen LogP contribution in [0.3, 0.4) is 0 Å². The number of rotatable bonds is 6. The minimum atomic E-state index is -0.0327. The van der Waals surface area contributed by atoms with Gasteiger partial charge < -0.3 is 5.32 Å². The van der Waals surface area contributed by atoms with Crippen LogP contribution in [0.25, 0.3) is 0 Å². The summed E-state index contributed by atoms with van der Waals surface area (Å²) in [7, 11) is 0. The molecular formula is C27H39NO. The van der Waals surface area contributed by atoms with Crippen LogP contribution < -0.4 is 5.32 Å². The van der Waals surface area contributed by atoms with Gasteiger partial charge in [0.25, 0.3) is 0 Å². The number of hydrogen-bond acceptors (Lipinski definition) is 2. The van der Waals surface area contributed by atoms with Crippen molar-refractivity contribution in [1.82, 2.24) is 5.32 Å². The summed E-state index contributed by atoms with van der Waals surface area (Å²) in [5.74, 6) is 2.62. The third kappa shape index (κ3) is 3.30. The highest BCUT2D eigenvalue weighted by atomic mass is 16.1.